The SMILES string of the molecule is COC(=O)[C@H]1C(=O)NC(SCC(=O)Nc2cccc(Cl)c2Cl)=C(C#N)[C@H]1c1ccc(OC)c(Br)c1. The molecule has 0 spiro atoms. The summed E-state index contributed by atoms with van der Waals surface area (Å²) in [4.78, 5) is 38.0. The summed E-state index contributed by atoms with van der Waals surface area (Å²) in [7, 11) is 2.67. The highest BCUT2D eigenvalue weighted by molar-refractivity contribution is 9.10. The van der Waals surface area contributed by atoms with Crippen molar-refractivity contribution >= 4 is 74.4 Å². The van der Waals surface area contributed by atoms with Crippen molar-refractivity contribution in [3.05, 3.63) is 67.1 Å². The van der Waals surface area contributed by atoms with Gasteiger partial charge in [0.25, 0.3) is 0 Å². The van der Waals surface area contributed by atoms with Crippen molar-refractivity contribution < 1.29 is 23.9 Å². The summed E-state index contributed by atoms with van der Waals surface area (Å²) in [5, 5.41) is 15.9. The Morgan fingerprint density at radius 3 is 2.63 bits per heavy atom. The Labute approximate surface area is 224 Å². The smallest absolute Gasteiger partial charge is 0.319 e. The third kappa shape index (κ3) is 5.93. The lowest BCUT2D eigenvalue weighted by Crippen LogP contribution is -2.44. The van der Waals surface area contributed by atoms with E-state index in [1.165, 1.54) is 14.2 Å². The van der Waals surface area contributed by atoms with Crippen molar-refractivity contribution in [3.8, 4) is 11.8 Å². The summed E-state index contributed by atoms with van der Waals surface area (Å²) >= 11 is 16.4. The molecule has 1 aliphatic heterocycles. The second-order valence-corrected chi connectivity index (χ2v) is 9.78. The van der Waals surface area contributed by atoms with E-state index >= 15 is 0 Å². The van der Waals surface area contributed by atoms with Gasteiger partial charge in [-0.15, -0.1) is 0 Å². The first-order valence-electron chi connectivity index (χ1n) is 9.94. The fourth-order valence-electron chi connectivity index (χ4n) is 3.48. The summed E-state index contributed by atoms with van der Waals surface area (Å²) in [5.41, 5.74) is 0.974. The molecule has 12 heteroatoms. The number of thioether (sulfide) groups is 1. The van der Waals surface area contributed by atoms with Crippen LogP contribution in [0.3, 0.4) is 0 Å². The average Bonchev–Trinajstić information content (AvgIpc) is 2.84. The number of amides is 2. The summed E-state index contributed by atoms with van der Waals surface area (Å²) in [6, 6.07) is 11.9. The van der Waals surface area contributed by atoms with E-state index in [0.717, 1.165) is 11.8 Å². The van der Waals surface area contributed by atoms with Crippen LogP contribution in [0, 0.1) is 17.2 Å². The Morgan fingerprint density at radius 2 is 2.00 bits per heavy atom. The zero-order chi connectivity index (χ0) is 25.7. The molecule has 182 valence electrons. The second kappa shape index (κ2) is 11.8. The van der Waals surface area contributed by atoms with E-state index in [9.17, 15) is 19.6 Å². The number of carbonyl (C=O) groups is 3. The molecular formula is C23H18BrCl2N3O5S. The number of ether oxygens (including phenoxy) is 2. The van der Waals surface area contributed by atoms with E-state index in [2.05, 4.69) is 32.6 Å². The average molecular weight is 599 g/mol. The number of nitriles is 1. The van der Waals surface area contributed by atoms with Crippen molar-refractivity contribution in [1.29, 1.82) is 5.26 Å². The number of esters is 1. The van der Waals surface area contributed by atoms with Crippen LogP contribution in [0.2, 0.25) is 10.0 Å². The van der Waals surface area contributed by atoms with Crippen molar-refractivity contribution in [1.82, 2.24) is 5.32 Å². The molecule has 0 radical (unpaired) electrons. The minimum absolute atomic E-state index is 0.121. The van der Waals surface area contributed by atoms with E-state index in [0.29, 0.717) is 21.5 Å². The topological polar surface area (TPSA) is 118 Å². The number of hydrogen-bond donors (Lipinski definition) is 2. The van der Waals surface area contributed by atoms with E-state index in [1.807, 2.05) is 0 Å². The minimum atomic E-state index is -1.29. The summed E-state index contributed by atoms with van der Waals surface area (Å²) in [6.07, 6.45) is 0. The maximum atomic E-state index is 12.9. The standard InChI is InChI=1S/C23H18BrCl2N3O5S/c1-33-16-7-6-11(8-13(16)24)18-12(9-27)22(29-21(31)19(18)23(32)34-2)35-10-17(30)28-15-5-3-4-14(25)20(15)26/h3-8,18-19H,10H2,1-2H3,(H,28,30)(H,29,31)/t18-,19-/m1/s1. The number of anilines is 1. The van der Waals surface area contributed by atoms with Gasteiger partial charge in [0.1, 0.15) is 11.7 Å². The number of rotatable bonds is 7. The number of hydrogen-bond acceptors (Lipinski definition) is 7. The van der Waals surface area contributed by atoms with Crippen molar-refractivity contribution in [2.24, 2.45) is 5.92 Å². The molecule has 0 aliphatic carbocycles. The molecule has 0 bridgehead atoms. The van der Waals surface area contributed by atoms with Crippen molar-refractivity contribution in [3.63, 3.8) is 0 Å². The number of carbonyl (C=O) groups excluding carboxylic acids is 3. The van der Waals surface area contributed by atoms with E-state index < -0.39 is 29.6 Å². The van der Waals surface area contributed by atoms with Crippen LogP contribution in [-0.4, -0.2) is 37.8 Å². The highest BCUT2D eigenvalue weighted by Crippen LogP contribution is 2.42. The predicted molar refractivity (Wildman–Crippen MR) is 137 cm³/mol. The van der Waals surface area contributed by atoms with Crippen LogP contribution < -0.4 is 15.4 Å². The van der Waals surface area contributed by atoms with Crippen LogP contribution in [0.4, 0.5) is 5.69 Å². The van der Waals surface area contributed by atoms with Crippen LogP contribution in [0.1, 0.15) is 11.5 Å². The molecule has 8 nitrogen and oxygen atoms in total. The third-order valence-electron chi connectivity index (χ3n) is 5.09. The fourth-order valence-corrected chi connectivity index (χ4v) is 5.23. The molecule has 0 saturated carbocycles. The molecule has 0 unspecified atom stereocenters. The number of benzene rings is 2. The normalized spacial score (nSPS) is 17.3. The van der Waals surface area contributed by atoms with Gasteiger partial charge in [0.15, 0.2) is 0 Å². The van der Waals surface area contributed by atoms with Gasteiger partial charge >= 0.3 is 5.97 Å². The number of halogens is 3. The number of allylic oxidation sites excluding steroid dienone is 1. The number of nitrogens with zero attached hydrogens (tertiary/aromatic N) is 1. The van der Waals surface area contributed by atoms with Gasteiger partial charge in [-0.1, -0.05) is 47.1 Å². The highest BCUT2D eigenvalue weighted by Gasteiger charge is 2.44. The highest BCUT2D eigenvalue weighted by atomic mass is 79.9. The quantitative estimate of drug-likeness (QED) is 0.345. The Bertz CT molecular complexity index is 1260. The Balaban J connectivity index is 1.93. The summed E-state index contributed by atoms with van der Waals surface area (Å²) < 4.78 is 10.7. The second-order valence-electron chi connectivity index (χ2n) is 7.15. The Kier molecular flexibility index (Phi) is 9.08. The van der Waals surface area contributed by atoms with E-state index in [1.54, 1.807) is 36.4 Å². The Hall–Kier alpha value is -2.71. The van der Waals surface area contributed by atoms with Gasteiger partial charge in [-0.05, 0) is 45.8 Å². The van der Waals surface area contributed by atoms with Crippen LogP contribution in [0.15, 0.2) is 51.5 Å². The molecule has 2 atom stereocenters. The maximum Gasteiger partial charge on any atom is 0.319 e. The lowest BCUT2D eigenvalue weighted by molar-refractivity contribution is -0.150. The molecule has 0 fully saturated rings. The summed E-state index contributed by atoms with van der Waals surface area (Å²) in [5.74, 6) is -3.70. The van der Waals surface area contributed by atoms with Gasteiger partial charge in [-0.25, -0.2) is 0 Å². The fraction of sp³-hybridized carbons (Fsp3) is 0.217. The van der Waals surface area contributed by atoms with Gasteiger partial charge in [0.05, 0.1) is 56.8 Å². The first kappa shape index (κ1) is 26.9. The van der Waals surface area contributed by atoms with Crippen molar-refractivity contribution in [2.75, 3.05) is 25.3 Å². The largest absolute Gasteiger partial charge is 0.496 e. The third-order valence-corrected chi connectivity index (χ3v) is 7.55. The molecule has 2 N–H and O–H groups in total. The molecule has 0 saturated heterocycles. The number of nitrogens with one attached hydrogen (secondary N) is 2. The Morgan fingerprint density at radius 1 is 1.26 bits per heavy atom. The zero-order valence-electron chi connectivity index (χ0n) is 18.4. The van der Waals surface area contributed by atoms with Crippen LogP contribution >= 0.6 is 50.9 Å². The zero-order valence-corrected chi connectivity index (χ0v) is 22.3. The van der Waals surface area contributed by atoms with Gasteiger partial charge in [-0.2, -0.15) is 5.26 Å². The number of methoxy groups -OCH3 is 2. The first-order chi connectivity index (χ1) is 16.7. The van der Waals surface area contributed by atoms with Gasteiger partial charge in [0, 0.05) is 5.92 Å². The molecule has 1 heterocycles. The minimum Gasteiger partial charge on any atom is -0.496 e. The molecule has 2 aromatic carbocycles. The maximum absolute atomic E-state index is 12.9. The molecule has 1 aliphatic rings. The van der Waals surface area contributed by atoms with Crippen molar-refractivity contribution in [2.45, 2.75) is 5.92 Å². The molecule has 2 amide bonds. The van der Waals surface area contributed by atoms with Gasteiger partial charge in [0.2, 0.25) is 11.8 Å². The lowest BCUT2D eigenvalue weighted by Gasteiger charge is -2.31. The van der Waals surface area contributed by atoms with Crippen LogP contribution in [0.5, 0.6) is 5.75 Å². The summed E-state index contributed by atoms with van der Waals surface area (Å²) in [6.45, 7) is 0. The molecular weight excluding hydrogens is 581 g/mol. The molecule has 2 aromatic rings. The van der Waals surface area contributed by atoms with Gasteiger partial charge in [-0.3, -0.25) is 14.4 Å². The van der Waals surface area contributed by atoms with E-state index in [-0.39, 0.29) is 26.4 Å². The van der Waals surface area contributed by atoms with Crippen LogP contribution in [0.25, 0.3) is 0 Å². The molecule has 0 aromatic heterocycles. The molecule has 35 heavy (non-hydrogen) atoms. The van der Waals surface area contributed by atoms with Crippen LogP contribution in [-0.2, 0) is 19.1 Å². The van der Waals surface area contributed by atoms with E-state index in [4.69, 9.17) is 32.7 Å². The first-order valence-corrected chi connectivity index (χ1v) is 12.5. The lowest BCUT2D eigenvalue weighted by atomic mass is 9.78. The van der Waals surface area contributed by atoms with Gasteiger partial charge < -0.3 is 20.1 Å². The predicted octanol–water partition coefficient (Wildman–Crippen LogP) is 4.87. The molecule has 3 rings (SSSR count). The monoisotopic (exact) mass is 597 g/mol.